The summed E-state index contributed by atoms with van der Waals surface area (Å²) in [5.41, 5.74) is 4.17. The number of rotatable bonds is 7. The number of thioether (sulfide) groups is 1. The molecule has 0 saturated carbocycles. The van der Waals surface area contributed by atoms with Gasteiger partial charge in [-0.05, 0) is 47.2 Å². The molecule has 1 N–H and O–H groups in total. The minimum Gasteiger partial charge on any atom is -0.467 e. The molecule has 2 aliphatic heterocycles. The molecule has 2 aliphatic rings. The minimum absolute atomic E-state index is 0.0981. The van der Waals surface area contributed by atoms with Gasteiger partial charge in [-0.25, -0.2) is 9.89 Å². The van der Waals surface area contributed by atoms with Gasteiger partial charge in [0.1, 0.15) is 17.6 Å². The van der Waals surface area contributed by atoms with Gasteiger partial charge in [-0.15, -0.1) is 0 Å². The Balaban J connectivity index is 1.28. The number of hydrogen-bond donors (Lipinski definition) is 1. The number of carbonyl (C=O) groups is 2. The maximum absolute atomic E-state index is 13.5. The zero-order valence-electron chi connectivity index (χ0n) is 21.2. The number of aliphatic imine (C=N–C) groups is 2. The first-order chi connectivity index (χ1) is 17.8. The fourth-order valence-electron chi connectivity index (χ4n) is 4.29. The van der Waals surface area contributed by atoms with Crippen LogP contribution in [0, 0.1) is 0 Å². The molecule has 7 nitrogen and oxygen atoms in total. The van der Waals surface area contributed by atoms with Crippen LogP contribution in [-0.2, 0) is 27.3 Å². The summed E-state index contributed by atoms with van der Waals surface area (Å²) in [5, 5.41) is 3.45. The van der Waals surface area contributed by atoms with E-state index in [4.69, 9.17) is 14.4 Å². The lowest BCUT2D eigenvalue weighted by molar-refractivity contribution is -0.125. The van der Waals surface area contributed by atoms with Crippen molar-refractivity contribution in [3.63, 3.8) is 0 Å². The number of nitrogens with zero attached hydrogens (tertiary/aromatic N) is 3. The average Bonchev–Trinajstić information content (AvgIpc) is 3.53. The monoisotopic (exact) mass is 514 g/mol. The predicted molar refractivity (Wildman–Crippen MR) is 147 cm³/mol. The van der Waals surface area contributed by atoms with Crippen molar-refractivity contribution in [2.75, 3.05) is 0 Å². The van der Waals surface area contributed by atoms with Gasteiger partial charge in [0.15, 0.2) is 5.17 Å². The molecule has 3 heterocycles. The van der Waals surface area contributed by atoms with Crippen LogP contribution in [0.2, 0.25) is 0 Å². The van der Waals surface area contributed by atoms with Crippen LogP contribution >= 0.6 is 11.8 Å². The van der Waals surface area contributed by atoms with Gasteiger partial charge in [-0.1, -0.05) is 68.9 Å². The summed E-state index contributed by atoms with van der Waals surface area (Å²) in [6.45, 7) is 6.92. The number of carbonyl (C=O) groups excluding carboxylic acids is 2. The molecule has 2 aromatic carbocycles. The quantitative estimate of drug-likeness (QED) is 0.447. The topological polar surface area (TPSA) is 87.3 Å². The maximum atomic E-state index is 13.5. The van der Waals surface area contributed by atoms with Gasteiger partial charge in [0.05, 0.1) is 18.5 Å². The summed E-state index contributed by atoms with van der Waals surface area (Å²) < 4.78 is 5.25. The number of nitrogens with one attached hydrogen (secondary N) is 1. The van der Waals surface area contributed by atoms with Crippen LogP contribution in [-0.4, -0.2) is 33.8 Å². The van der Waals surface area contributed by atoms with Crippen molar-refractivity contribution in [1.29, 1.82) is 0 Å². The second kappa shape index (κ2) is 10.4. The molecule has 2 amide bonds. The summed E-state index contributed by atoms with van der Waals surface area (Å²) in [6, 6.07) is 19.3. The zero-order valence-corrected chi connectivity index (χ0v) is 22.0. The number of amides is 2. The van der Waals surface area contributed by atoms with Crippen LogP contribution in [0.4, 0.5) is 5.69 Å². The number of para-hydroxylation sites is 1. The standard InChI is InChI=1S/C29H30N4O3S/c1-29(2,3)20-12-10-19(11-13-20)18-37-28-32-23-9-5-4-8-22(23)26-31-24(27(35)33(26)28)14-15-25(34)30-17-21-7-6-16-36-21/h4-13,16,24H,14-15,17-18H2,1-3H3,(H,30,34)/t24-/m1/s1. The summed E-state index contributed by atoms with van der Waals surface area (Å²) in [7, 11) is 0. The normalized spacial score (nSPS) is 16.7. The largest absolute Gasteiger partial charge is 0.467 e. The fraction of sp³-hybridized carbons (Fsp3) is 0.310. The first-order valence-electron chi connectivity index (χ1n) is 12.4. The molecule has 0 spiro atoms. The molecule has 0 aliphatic carbocycles. The Labute approximate surface area is 221 Å². The van der Waals surface area contributed by atoms with E-state index in [2.05, 4.69) is 50.4 Å². The van der Waals surface area contributed by atoms with Gasteiger partial charge in [0.25, 0.3) is 5.91 Å². The average molecular weight is 515 g/mol. The number of fused-ring (bicyclic) bond motifs is 3. The van der Waals surface area contributed by atoms with E-state index in [1.807, 2.05) is 24.3 Å². The molecule has 190 valence electrons. The fourth-order valence-corrected chi connectivity index (χ4v) is 5.25. The highest BCUT2D eigenvalue weighted by Crippen LogP contribution is 2.35. The van der Waals surface area contributed by atoms with E-state index < -0.39 is 6.04 Å². The lowest BCUT2D eigenvalue weighted by Crippen LogP contribution is -2.41. The second-order valence-electron chi connectivity index (χ2n) is 10.2. The SMILES string of the molecule is CC(C)(C)c1ccc(CSC2=Nc3ccccc3C3=N[C@H](CCC(=O)NCc4ccco4)C(=O)N23)cc1. The molecule has 1 aromatic heterocycles. The molecule has 0 bridgehead atoms. The number of benzene rings is 2. The Morgan fingerprint density at radius 2 is 1.86 bits per heavy atom. The van der Waals surface area contributed by atoms with Crippen molar-refractivity contribution in [1.82, 2.24) is 10.2 Å². The summed E-state index contributed by atoms with van der Waals surface area (Å²) in [4.78, 5) is 37.0. The Hall–Kier alpha value is -3.65. The Kier molecular flexibility index (Phi) is 7.02. The Bertz CT molecular complexity index is 1350. The highest BCUT2D eigenvalue weighted by molar-refractivity contribution is 8.13. The van der Waals surface area contributed by atoms with Gasteiger partial charge < -0.3 is 9.73 Å². The van der Waals surface area contributed by atoms with Crippen LogP contribution in [0.5, 0.6) is 0 Å². The highest BCUT2D eigenvalue weighted by Gasteiger charge is 2.41. The predicted octanol–water partition coefficient (Wildman–Crippen LogP) is 5.57. The van der Waals surface area contributed by atoms with E-state index in [1.165, 1.54) is 17.3 Å². The molecule has 0 fully saturated rings. The maximum Gasteiger partial charge on any atom is 0.259 e. The number of hydrogen-bond acceptors (Lipinski definition) is 6. The van der Waals surface area contributed by atoms with E-state index in [1.54, 1.807) is 23.3 Å². The third kappa shape index (κ3) is 5.54. The lowest BCUT2D eigenvalue weighted by Gasteiger charge is -2.25. The van der Waals surface area contributed by atoms with E-state index in [0.29, 0.717) is 35.5 Å². The van der Waals surface area contributed by atoms with Gasteiger partial charge in [0, 0.05) is 17.7 Å². The molecular weight excluding hydrogens is 484 g/mol. The van der Waals surface area contributed by atoms with Gasteiger partial charge in [-0.3, -0.25) is 14.6 Å². The molecule has 8 heteroatoms. The van der Waals surface area contributed by atoms with Crippen LogP contribution in [0.1, 0.15) is 56.1 Å². The Morgan fingerprint density at radius 1 is 1.08 bits per heavy atom. The van der Waals surface area contributed by atoms with E-state index >= 15 is 0 Å². The third-order valence-corrected chi connectivity index (χ3v) is 7.43. The lowest BCUT2D eigenvalue weighted by atomic mass is 9.87. The smallest absolute Gasteiger partial charge is 0.259 e. The molecule has 5 rings (SSSR count). The van der Waals surface area contributed by atoms with Gasteiger partial charge in [-0.2, -0.15) is 0 Å². The molecule has 0 saturated heterocycles. The molecule has 0 unspecified atom stereocenters. The van der Waals surface area contributed by atoms with Crippen LogP contribution in [0.3, 0.4) is 0 Å². The van der Waals surface area contributed by atoms with E-state index in [0.717, 1.165) is 16.8 Å². The summed E-state index contributed by atoms with van der Waals surface area (Å²) in [5.74, 6) is 1.70. The van der Waals surface area contributed by atoms with Crippen molar-refractivity contribution in [3.8, 4) is 0 Å². The van der Waals surface area contributed by atoms with Crippen molar-refractivity contribution >= 4 is 40.3 Å². The Morgan fingerprint density at radius 3 is 2.59 bits per heavy atom. The molecule has 37 heavy (non-hydrogen) atoms. The third-order valence-electron chi connectivity index (χ3n) is 6.42. The first-order valence-corrected chi connectivity index (χ1v) is 13.4. The molecule has 1 atom stereocenters. The summed E-state index contributed by atoms with van der Waals surface area (Å²) in [6.07, 6.45) is 2.10. The molecule has 0 radical (unpaired) electrons. The molecule has 3 aromatic rings. The number of furan rings is 1. The first kappa shape index (κ1) is 25.0. The van der Waals surface area contributed by atoms with Crippen molar-refractivity contribution in [2.45, 2.75) is 57.4 Å². The van der Waals surface area contributed by atoms with Crippen molar-refractivity contribution in [3.05, 3.63) is 89.4 Å². The van der Waals surface area contributed by atoms with Crippen molar-refractivity contribution in [2.24, 2.45) is 9.98 Å². The van der Waals surface area contributed by atoms with E-state index in [9.17, 15) is 9.59 Å². The number of amidine groups is 2. The second-order valence-corrected chi connectivity index (χ2v) is 11.1. The summed E-state index contributed by atoms with van der Waals surface area (Å²) >= 11 is 1.53. The van der Waals surface area contributed by atoms with Crippen LogP contribution < -0.4 is 5.32 Å². The van der Waals surface area contributed by atoms with E-state index in [-0.39, 0.29) is 23.7 Å². The minimum atomic E-state index is -0.618. The van der Waals surface area contributed by atoms with Gasteiger partial charge in [0.2, 0.25) is 5.91 Å². The van der Waals surface area contributed by atoms with Crippen LogP contribution in [0.25, 0.3) is 0 Å². The highest BCUT2D eigenvalue weighted by atomic mass is 32.2. The zero-order chi connectivity index (χ0) is 26.0. The molecular formula is C29H30N4O3S. The van der Waals surface area contributed by atoms with Crippen LogP contribution in [0.15, 0.2) is 81.3 Å². The van der Waals surface area contributed by atoms with Crippen molar-refractivity contribution < 1.29 is 14.0 Å². The van der Waals surface area contributed by atoms with Gasteiger partial charge >= 0.3 is 0 Å².